The van der Waals surface area contributed by atoms with Gasteiger partial charge in [-0.3, -0.25) is 53.7 Å². The number of nitrogens with zero attached hydrogens (tertiary/aromatic N) is 7. The Morgan fingerprint density at radius 3 is 1.30 bits per heavy atom. The summed E-state index contributed by atoms with van der Waals surface area (Å²) in [5.41, 5.74) is 5.78. The van der Waals surface area contributed by atoms with Gasteiger partial charge in [0.15, 0.2) is 19.7 Å². The summed E-state index contributed by atoms with van der Waals surface area (Å²) in [7, 11) is -9.23. The van der Waals surface area contributed by atoms with Gasteiger partial charge in [0.25, 0.3) is 17.7 Å². The van der Waals surface area contributed by atoms with Crippen molar-refractivity contribution in [3.8, 4) is 0 Å². The van der Waals surface area contributed by atoms with Gasteiger partial charge in [0.1, 0.15) is 18.6 Å². The van der Waals surface area contributed by atoms with E-state index in [1.54, 1.807) is 42.1 Å². The topological polar surface area (TPSA) is 362 Å². The Labute approximate surface area is 676 Å². The van der Waals surface area contributed by atoms with E-state index in [-0.39, 0.29) is 186 Å². The SMILES string of the molecule is CC(C)c1cc(C(C)(C)C)nn1C(=O)N1CCS(=O)(=O)CC1.CC(C)c1cc(C(C)(C)C)nn1CC(=O)N1CCS(=O)(=O)CC1.CC(C)c1cc(C(C)(C)C)sc1C(=O)NC1CC(=O)NC1=O.CC(C)c1sc(C(C)(C)C)cc1C(=O)N1CCNS(=O)(=O)CC1.CC(C)c1sc(C(C)(C)C)cc1C(=O)NC1CC(=O)NC1=O. The lowest BCUT2D eigenvalue weighted by atomic mass is 9.91. The number of sulfone groups is 2. The van der Waals surface area contributed by atoms with E-state index in [0.717, 1.165) is 53.4 Å². The van der Waals surface area contributed by atoms with Gasteiger partial charge in [-0.1, -0.05) is 173 Å². The van der Waals surface area contributed by atoms with Crippen LogP contribution in [0.5, 0.6) is 0 Å². The monoisotopic (exact) mass is 1670 g/mol. The van der Waals surface area contributed by atoms with Gasteiger partial charge in [0.2, 0.25) is 39.6 Å². The van der Waals surface area contributed by atoms with Crippen LogP contribution < -0.4 is 26.0 Å². The predicted molar refractivity (Wildman–Crippen MR) is 443 cm³/mol. The van der Waals surface area contributed by atoms with Crippen LogP contribution in [0.25, 0.3) is 0 Å². The molecule has 2 atom stereocenters. The number of imide groups is 2. The molecule has 5 fully saturated rings. The number of nitrogens with one attached hydrogen (secondary N) is 5. The Bertz CT molecular complexity index is 4500. The molecule has 0 spiro atoms. The van der Waals surface area contributed by atoms with E-state index in [1.165, 1.54) is 20.9 Å². The maximum atomic E-state index is 12.9. The number of thiophene rings is 3. The molecule has 0 radical (unpaired) electrons. The largest absolute Gasteiger partial charge is 0.344 e. The van der Waals surface area contributed by atoms with Crippen molar-refractivity contribution in [1.29, 1.82) is 0 Å². The van der Waals surface area contributed by atoms with Crippen LogP contribution in [0.2, 0.25) is 0 Å². The quantitative estimate of drug-likeness (QED) is 0.0725. The van der Waals surface area contributed by atoms with Crippen molar-refractivity contribution in [2.45, 2.75) is 261 Å². The average molecular weight is 1670 g/mol. The lowest BCUT2D eigenvalue weighted by Gasteiger charge is -2.27. The zero-order valence-electron chi connectivity index (χ0n) is 70.2. The molecule has 5 aromatic rings. The minimum absolute atomic E-state index is 0.00345. The summed E-state index contributed by atoms with van der Waals surface area (Å²) in [4.78, 5) is 120. The van der Waals surface area contributed by atoms with E-state index in [0.29, 0.717) is 17.0 Å². The first-order valence-electron chi connectivity index (χ1n) is 38.4. The highest BCUT2D eigenvalue weighted by Gasteiger charge is 2.38. The van der Waals surface area contributed by atoms with Crippen molar-refractivity contribution in [2.24, 2.45) is 0 Å². The molecule has 10 rings (SSSR count). The molecule has 27 nitrogen and oxygen atoms in total. The third kappa shape index (κ3) is 25.7. The number of amides is 9. The highest BCUT2D eigenvalue weighted by Crippen LogP contribution is 2.40. The number of rotatable bonds is 12. The first-order valence-corrected chi connectivity index (χ1v) is 46.1. The lowest BCUT2D eigenvalue weighted by Crippen LogP contribution is -2.46. The number of hydrogen-bond donors (Lipinski definition) is 5. The predicted octanol–water partition coefficient (Wildman–Crippen LogP) is 10.7. The molecule has 0 saturated carbocycles. The first kappa shape index (κ1) is 93.8. The summed E-state index contributed by atoms with van der Waals surface area (Å²) in [6.45, 7) is 54.2. The molecule has 9 amide bonds. The second kappa shape index (κ2) is 36.8. The standard InChI is InChI=1S/C16H27N3O3S.C16H26N2O3S2.2C16H22N2O3S.C15H25N3O3S/c1-12(2)13-10-14(16(3,4)5)17-19(13)11-15(20)18-6-8-23(21,22)9-7-18;1-11(2)14-12(10-13(22-14)16(3,4)5)15(19)18-7-6-17-23(20,21)9-8-18;1-8(2)13-9(6-11(22-13)16(3,4)5)14(20)17-10-7-12(19)18-15(10)21;1-8(2)9-6-11(16(3,4)5)22-13(9)15(21)17-10-7-12(19)18-14(10)20;1-11(2)12-10-13(15(3,4)5)16-18(12)14(19)17-6-8-22(20,21)9-7-17/h10,12H,6-9,11H2,1-5H3;10-11,17H,6-9H2,1-5H3;6,8,10H,7H2,1-5H3,(H,17,20)(H,18,19,21);6,8,10H,7H2,1-5H3,(H,17,21)(H,18,19,20);10-11H,6-9H2,1-5H3. The van der Waals surface area contributed by atoms with Crippen molar-refractivity contribution in [2.75, 3.05) is 74.6 Å². The van der Waals surface area contributed by atoms with Crippen LogP contribution >= 0.6 is 34.0 Å². The highest BCUT2D eigenvalue weighted by molar-refractivity contribution is 7.91. The average Bonchev–Trinajstić information content (AvgIpc) is 1.66. The summed E-state index contributed by atoms with van der Waals surface area (Å²) < 4.78 is 75.0. The van der Waals surface area contributed by atoms with E-state index in [9.17, 15) is 68.4 Å². The fourth-order valence-electron chi connectivity index (χ4n) is 12.0. The van der Waals surface area contributed by atoms with Crippen molar-refractivity contribution in [1.82, 2.24) is 60.2 Å². The third-order valence-corrected chi connectivity index (χ3v) is 28.9. The van der Waals surface area contributed by atoms with Crippen molar-refractivity contribution in [3.63, 3.8) is 0 Å². The summed E-state index contributed by atoms with van der Waals surface area (Å²) >= 11 is 4.78. The molecule has 624 valence electrons. The number of aromatic nitrogens is 4. The van der Waals surface area contributed by atoms with E-state index >= 15 is 0 Å². The Morgan fingerprint density at radius 1 is 0.473 bits per heavy atom. The molecule has 10 heterocycles. The first-order chi connectivity index (χ1) is 51.2. The molecular weight excluding hydrogens is 1550 g/mol. The Balaban J connectivity index is 0.000000218. The van der Waals surface area contributed by atoms with E-state index < -0.39 is 53.6 Å². The molecule has 112 heavy (non-hydrogen) atoms. The number of sulfonamides is 1. The fraction of sp³-hybridized carbons (Fsp3) is 0.658. The smallest absolute Gasteiger partial charge is 0.340 e. The zero-order valence-corrected chi connectivity index (χ0v) is 75.1. The van der Waals surface area contributed by atoms with Crippen LogP contribution in [0.1, 0.15) is 299 Å². The van der Waals surface area contributed by atoms with Crippen LogP contribution in [-0.2, 0) is 87.3 Å². The highest BCUT2D eigenvalue weighted by atomic mass is 32.2. The molecule has 33 heteroatoms. The van der Waals surface area contributed by atoms with Gasteiger partial charge in [-0.15, -0.1) is 34.0 Å². The van der Waals surface area contributed by atoms with Gasteiger partial charge < -0.3 is 25.3 Å². The normalized spacial score (nSPS) is 18.7. The minimum Gasteiger partial charge on any atom is -0.340 e. The summed E-state index contributed by atoms with van der Waals surface area (Å²) in [6.07, 6.45) is 0.0247. The lowest BCUT2D eigenvalue weighted by molar-refractivity contribution is -0.132. The molecule has 5 aliphatic rings. The van der Waals surface area contributed by atoms with E-state index in [1.807, 2.05) is 59.7 Å². The second-order valence-electron chi connectivity index (χ2n) is 35.9. The molecule has 0 bridgehead atoms. The zero-order chi connectivity index (χ0) is 84.8. The van der Waals surface area contributed by atoms with Crippen LogP contribution in [0.4, 0.5) is 4.79 Å². The molecule has 5 aliphatic heterocycles. The van der Waals surface area contributed by atoms with Crippen molar-refractivity contribution < 1.29 is 68.4 Å². The van der Waals surface area contributed by atoms with Crippen LogP contribution in [-0.4, -0.2) is 199 Å². The molecule has 2 unspecified atom stereocenters. The number of carbonyl (C=O) groups excluding carboxylic acids is 9. The van der Waals surface area contributed by atoms with Gasteiger partial charge in [-0.25, -0.2) is 34.8 Å². The van der Waals surface area contributed by atoms with Gasteiger partial charge in [-0.2, -0.15) is 14.9 Å². The van der Waals surface area contributed by atoms with Gasteiger partial charge in [0.05, 0.1) is 74.7 Å². The third-order valence-electron chi connectivity index (χ3n) is 19.1. The summed E-state index contributed by atoms with van der Waals surface area (Å²) in [5, 5.41) is 18.9. The van der Waals surface area contributed by atoms with E-state index in [4.69, 9.17) is 0 Å². The molecule has 0 aromatic carbocycles. The van der Waals surface area contributed by atoms with Crippen molar-refractivity contribution >= 4 is 117 Å². The molecular formula is C79H122N12O15S6. The molecule has 5 aromatic heterocycles. The molecule has 5 saturated heterocycles. The van der Waals surface area contributed by atoms with Gasteiger partial charge in [0, 0.05) is 86.7 Å². The maximum absolute atomic E-state index is 12.9. The fourth-order valence-corrected chi connectivity index (χ4v) is 19.1. The van der Waals surface area contributed by atoms with Gasteiger partial charge >= 0.3 is 6.03 Å². The second-order valence-corrected chi connectivity index (χ2v) is 45.7. The minimum atomic E-state index is -3.25. The van der Waals surface area contributed by atoms with Gasteiger partial charge in [-0.05, 0) is 81.7 Å². The van der Waals surface area contributed by atoms with Crippen LogP contribution in [0, 0.1) is 0 Å². The molecule has 0 aliphatic carbocycles. The maximum Gasteiger partial charge on any atom is 0.344 e. The van der Waals surface area contributed by atoms with Crippen LogP contribution in [0.15, 0.2) is 30.3 Å². The van der Waals surface area contributed by atoms with Crippen LogP contribution in [0.3, 0.4) is 0 Å². The summed E-state index contributed by atoms with van der Waals surface area (Å²) in [5.74, 6) is -0.961. The Hall–Kier alpha value is -7.04. The Morgan fingerprint density at radius 2 is 0.884 bits per heavy atom. The molecule has 5 N–H and O–H groups in total. The van der Waals surface area contributed by atoms with E-state index in [2.05, 4.69) is 180 Å². The Kier molecular flexibility index (Phi) is 30.9. The summed E-state index contributed by atoms with van der Waals surface area (Å²) in [6, 6.07) is 8.26. The number of carbonyl (C=O) groups is 9. The van der Waals surface area contributed by atoms with Crippen molar-refractivity contribution in [3.05, 3.63) is 99.1 Å². The number of hydrogen-bond acceptors (Lipinski definition) is 20.